The van der Waals surface area contributed by atoms with E-state index in [0.717, 1.165) is 12.2 Å². The summed E-state index contributed by atoms with van der Waals surface area (Å²) in [7, 11) is 2.05. The number of nitrogens with zero attached hydrogens (tertiary/aromatic N) is 4. The molecule has 1 aromatic carbocycles. The summed E-state index contributed by atoms with van der Waals surface area (Å²) in [6.07, 6.45) is 1.94. The molecule has 0 saturated heterocycles. The number of aromatic nitrogens is 3. The highest BCUT2D eigenvalue weighted by molar-refractivity contribution is 5.46. The van der Waals surface area contributed by atoms with Crippen molar-refractivity contribution in [3.05, 3.63) is 41.7 Å². The Morgan fingerprint density at radius 3 is 2.67 bits per heavy atom. The van der Waals surface area contributed by atoms with Gasteiger partial charge in [-0.3, -0.25) is 4.68 Å². The molecule has 0 aliphatic heterocycles. The summed E-state index contributed by atoms with van der Waals surface area (Å²) in [5.74, 6) is 0. The Hall–Kier alpha value is -1.88. The molecule has 0 bridgehead atoms. The maximum atomic E-state index is 5.48. The van der Waals surface area contributed by atoms with Gasteiger partial charge in [-0.15, -0.1) is 5.10 Å². The van der Waals surface area contributed by atoms with Crippen molar-refractivity contribution in [1.82, 2.24) is 15.0 Å². The van der Waals surface area contributed by atoms with Crippen LogP contribution in [0.1, 0.15) is 11.3 Å². The Labute approximate surface area is 107 Å². The molecule has 0 unspecified atom stereocenters. The number of hydrogen-bond acceptors (Lipinski definition) is 4. The summed E-state index contributed by atoms with van der Waals surface area (Å²) in [5.41, 5.74) is 8.87. The SMILES string of the molecule is Cc1ccc(N(C)Cc2cn(CCN)nn2)cc1. The lowest BCUT2D eigenvalue weighted by Crippen LogP contribution is -2.16. The van der Waals surface area contributed by atoms with Crippen molar-refractivity contribution in [3.8, 4) is 0 Å². The fourth-order valence-electron chi connectivity index (χ4n) is 1.79. The van der Waals surface area contributed by atoms with Crippen LogP contribution in [0.2, 0.25) is 0 Å². The third kappa shape index (κ3) is 3.07. The lowest BCUT2D eigenvalue weighted by molar-refractivity contribution is 0.598. The van der Waals surface area contributed by atoms with Crippen LogP contribution in [0.15, 0.2) is 30.5 Å². The van der Waals surface area contributed by atoms with Crippen molar-refractivity contribution in [2.45, 2.75) is 20.0 Å². The van der Waals surface area contributed by atoms with Gasteiger partial charge in [0, 0.05) is 19.3 Å². The molecule has 0 amide bonds. The van der Waals surface area contributed by atoms with Crippen molar-refractivity contribution in [1.29, 1.82) is 0 Å². The zero-order chi connectivity index (χ0) is 13.0. The topological polar surface area (TPSA) is 60.0 Å². The maximum absolute atomic E-state index is 5.48. The van der Waals surface area contributed by atoms with E-state index in [9.17, 15) is 0 Å². The summed E-state index contributed by atoms with van der Waals surface area (Å²) in [6, 6.07) is 8.44. The molecule has 2 N–H and O–H groups in total. The minimum atomic E-state index is 0.580. The van der Waals surface area contributed by atoms with Gasteiger partial charge in [0.05, 0.1) is 19.3 Å². The van der Waals surface area contributed by atoms with Crippen molar-refractivity contribution in [3.63, 3.8) is 0 Å². The van der Waals surface area contributed by atoms with Crippen LogP contribution in [-0.4, -0.2) is 28.6 Å². The van der Waals surface area contributed by atoms with Crippen LogP contribution in [0.4, 0.5) is 5.69 Å². The fraction of sp³-hybridized carbons (Fsp3) is 0.385. The lowest BCUT2D eigenvalue weighted by Gasteiger charge is -2.17. The minimum Gasteiger partial charge on any atom is -0.369 e. The molecular weight excluding hydrogens is 226 g/mol. The summed E-state index contributed by atoms with van der Waals surface area (Å²) in [6.45, 7) is 4.12. The molecule has 0 fully saturated rings. The fourth-order valence-corrected chi connectivity index (χ4v) is 1.79. The molecule has 0 saturated carbocycles. The van der Waals surface area contributed by atoms with Gasteiger partial charge in [0.2, 0.25) is 0 Å². The highest BCUT2D eigenvalue weighted by Crippen LogP contribution is 2.15. The van der Waals surface area contributed by atoms with Gasteiger partial charge in [-0.25, -0.2) is 0 Å². The zero-order valence-electron chi connectivity index (χ0n) is 10.9. The van der Waals surface area contributed by atoms with Gasteiger partial charge in [0.25, 0.3) is 0 Å². The van der Waals surface area contributed by atoms with E-state index < -0.39 is 0 Å². The number of hydrogen-bond donors (Lipinski definition) is 1. The van der Waals surface area contributed by atoms with Crippen molar-refractivity contribution in [2.75, 3.05) is 18.5 Å². The van der Waals surface area contributed by atoms with Gasteiger partial charge in [0.15, 0.2) is 0 Å². The molecule has 5 heteroatoms. The zero-order valence-corrected chi connectivity index (χ0v) is 10.9. The molecule has 2 aromatic rings. The third-order valence-electron chi connectivity index (χ3n) is 2.82. The van der Waals surface area contributed by atoms with E-state index in [4.69, 9.17) is 5.73 Å². The van der Waals surface area contributed by atoms with Gasteiger partial charge in [0.1, 0.15) is 5.69 Å². The second kappa shape index (κ2) is 5.64. The summed E-state index contributed by atoms with van der Waals surface area (Å²) < 4.78 is 1.78. The first-order valence-corrected chi connectivity index (χ1v) is 6.06. The number of anilines is 1. The Morgan fingerprint density at radius 1 is 1.28 bits per heavy atom. The van der Waals surface area contributed by atoms with Crippen LogP contribution >= 0.6 is 0 Å². The van der Waals surface area contributed by atoms with Crippen molar-refractivity contribution >= 4 is 5.69 Å². The van der Waals surface area contributed by atoms with Gasteiger partial charge in [-0.05, 0) is 19.1 Å². The van der Waals surface area contributed by atoms with Crippen molar-refractivity contribution in [2.24, 2.45) is 5.73 Å². The molecule has 1 aromatic heterocycles. The average molecular weight is 245 g/mol. The van der Waals surface area contributed by atoms with E-state index in [1.807, 2.05) is 13.2 Å². The van der Waals surface area contributed by atoms with Crippen LogP contribution in [0, 0.1) is 6.92 Å². The van der Waals surface area contributed by atoms with Gasteiger partial charge >= 0.3 is 0 Å². The molecule has 18 heavy (non-hydrogen) atoms. The molecule has 1 heterocycles. The van der Waals surface area contributed by atoms with E-state index in [0.29, 0.717) is 13.1 Å². The van der Waals surface area contributed by atoms with E-state index >= 15 is 0 Å². The summed E-state index contributed by atoms with van der Waals surface area (Å²) in [5, 5.41) is 8.16. The van der Waals surface area contributed by atoms with E-state index in [1.165, 1.54) is 11.3 Å². The molecule has 0 aliphatic carbocycles. The Kier molecular flexibility index (Phi) is 3.94. The number of nitrogens with two attached hydrogens (primary N) is 1. The standard InChI is InChI=1S/C13H19N5/c1-11-3-5-13(6-4-11)17(2)9-12-10-18(8-7-14)16-15-12/h3-6,10H,7-9,14H2,1-2H3. The molecule has 2 rings (SSSR count). The smallest absolute Gasteiger partial charge is 0.102 e. The molecule has 0 aliphatic rings. The Balaban J connectivity index is 2.01. The van der Waals surface area contributed by atoms with Crippen LogP contribution < -0.4 is 10.6 Å². The quantitative estimate of drug-likeness (QED) is 0.859. The predicted molar refractivity (Wildman–Crippen MR) is 72.4 cm³/mol. The first-order valence-electron chi connectivity index (χ1n) is 6.06. The van der Waals surface area contributed by atoms with Crippen LogP contribution in [-0.2, 0) is 13.1 Å². The maximum Gasteiger partial charge on any atom is 0.102 e. The van der Waals surface area contributed by atoms with Crippen LogP contribution in [0.25, 0.3) is 0 Å². The summed E-state index contributed by atoms with van der Waals surface area (Å²) >= 11 is 0. The minimum absolute atomic E-state index is 0.580. The van der Waals surface area contributed by atoms with E-state index in [-0.39, 0.29) is 0 Å². The van der Waals surface area contributed by atoms with Crippen LogP contribution in [0.5, 0.6) is 0 Å². The number of benzene rings is 1. The first-order chi connectivity index (χ1) is 8.69. The van der Waals surface area contributed by atoms with Gasteiger partial charge < -0.3 is 10.6 Å². The number of aryl methyl sites for hydroxylation is 1. The molecule has 0 spiro atoms. The summed E-state index contributed by atoms with van der Waals surface area (Å²) in [4.78, 5) is 2.15. The predicted octanol–water partition coefficient (Wildman–Crippen LogP) is 1.18. The Morgan fingerprint density at radius 2 is 2.00 bits per heavy atom. The Bertz CT molecular complexity index is 488. The highest BCUT2D eigenvalue weighted by atomic mass is 15.4. The normalized spacial score (nSPS) is 10.6. The van der Waals surface area contributed by atoms with Gasteiger partial charge in [-0.1, -0.05) is 22.9 Å². The third-order valence-corrected chi connectivity index (χ3v) is 2.82. The van der Waals surface area contributed by atoms with Crippen molar-refractivity contribution < 1.29 is 0 Å². The highest BCUT2D eigenvalue weighted by Gasteiger charge is 2.05. The second-order valence-electron chi connectivity index (χ2n) is 4.45. The van der Waals surface area contributed by atoms with E-state index in [1.54, 1.807) is 4.68 Å². The number of rotatable bonds is 5. The molecule has 0 radical (unpaired) electrons. The van der Waals surface area contributed by atoms with E-state index in [2.05, 4.69) is 46.4 Å². The first kappa shape index (κ1) is 12.6. The lowest BCUT2D eigenvalue weighted by atomic mass is 10.2. The van der Waals surface area contributed by atoms with Crippen LogP contribution in [0.3, 0.4) is 0 Å². The molecule has 5 nitrogen and oxygen atoms in total. The molecular formula is C13H19N5. The molecule has 0 atom stereocenters. The second-order valence-corrected chi connectivity index (χ2v) is 4.45. The molecule has 96 valence electrons. The average Bonchev–Trinajstić information content (AvgIpc) is 2.78. The monoisotopic (exact) mass is 245 g/mol. The largest absolute Gasteiger partial charge is 0.369 e. The van der Waals surface area contributed by atoms with Gasteiger partial charge in [-0.2, -0.15) is 0 Å².